The van der Waals surface area contributed by atoms with Gasteiger partial charge in [0.15, 0.2) is 11.5 Å². The van der Waals surface area contributed by atoms with Crippen molar-refractivity contribution in [1.29, 1.82) is 5.41 Å². The lowest BCUT2D eigenvalue weighted by atomic mass is 10.1. The van der Waals surface area contributed by atoms with E-state index in [4.69, 9.17) is 11.1 Å². The normalized spacial score (nSPS) is 12.6. The van der Waals surface area contributed by atoms with Gasteiger partial charge in [-0.05, 0) is 17.7 Å². The summed E-state index contributed by atoms with van der Waals surface area (Å²) in [5.74, 6) is -4.05. The zero-order valence-electron chi connectivity index (χ0n) is 13.4. The van der Waals surface area contributed by atoms with E-state index in [1.807, 2.05) is 0 Å². The number of hydrogen-bond acceptors (Lipinski definition) is 3. The molecule has 0 saturated carbocycles. The number of aromatic nitrogens is 3. The van der Waals surface area contributed by atoms with E-state index in [1.165, 1.54) is 23.0 Å². The van der Waals surface area contributed by atoms with Gasteiger partial charge in [0, 0.05) is 31.1 Å². The summed E-state index contributed by atoms with van der Waals surface area (Å²) in [6, 6.07) is 2.92. The van der Waals surface area contributed by atoms with Crippen molar-refractivity contribution in [2.75, 3.05) is 0 Å². The molecule has 0 aliphatic heterocycles. The summed E-state index contributed by atoms with van der Waals surface area (Å²) in [5.41, 5.74) is 6.23. The van der Waals surface area contributed by atoms with E-state index in [-0.39, 0.29) is 23.4 Å². The quantitative estimate of drug-likeness (QED) is 0.415. The molecular formula is C16H11F5N6. The second kappa shape index (κ2) is 6.74. The fraction of sp³-hybridized carbons (Fsp3) is 0.125. The third-order valence-electron chi connectivity index (χ3n) is 3.50. The Hall–Kier alpha value is -3.37. The number of benzene rings is 1. The molecule has 0 bridgehead atoms. The van der Waals surface area contributed by atoms with Crippen molar-refractivity contribution in [3.05, 3.63) is 65.4 Å². The van der Waals surface area contributed by atoms with Crippen molar-refractivity contribution in [2.45, 2.75) is 12.6 Å². The number of halogens is 5. The molecule has 0 atom stereocenters. The van der Waals surface area contributed by atoms with Crippen LogP contribution in [0, 0.1) is 17.0 Å². The summed E-state index contributed by atoms with van der Waals surface area (Å²) >= 11 is 0. The summed E-state index contributed by atoms with van der Waals surface area (Å²) in [4.78, 5) is 11.2. The number of alkyl halides is 3. The van der Waals surface area contributed by atoms with E-state index >= 15 is 0 Å². The Morgan fingerprint density at radius 3 is 2.48 bits per heavy atom. The second-order valence-electron chi connectivity index (χ2n) is 5.53. The third-order valence-corrected chi connectivity index (χ3v) is 3.50. The molecule has 0 aliphatic carbocycles. The van der Waals surface area contributed by atoms with Gasteiger partial charge in [-0.1, -0.05) is 0 Å². The second-order valence-corrected chi connectivity index (χ2v) is 5.53. The van der Waals surface area contributed by atoms with Crippen LogP contribution >= 0.6 is 0 Å². The Morgan fingerprint density at radius 2 is 1.85 bits per heavy atom. The highest BCUT2D eigenvalue weighted by Crippen LogP contribution is 2.18. The van der Waals surface area contributed by atoms with Crippen LogP contribution in [0.4, 0.5) is 22.0 Å². The van der Waals surface area contributed by atoms with E-state index < -0.39 is 29.5 Å². The first-order chi connectivity index (χ1) is 12.6. The Labute approximate surface area is 148 Å². The molecule has 3 rings (SSSR count). The predicted molar refractivity (Wildman–Crippen MR) is 86.7 cm³/mol. The van der Waals surface area contributed by atoms with Gasteiger partial charge in [0.25, 0.3) is 0 Å². The number of fused-ring (bicyclic) bond motifs is 1. The Kier molecular flexibility index (Phi) is 4.60. The van der Waals surface area contributed by atoms with E-state index in [0.29, 0.717) is 11.7 Å². The van der Waals surface area contributed by atoms with Crippen molar-refractivity contribution in [3.63, 3.8) is 0 Å². The molecule has 27 heavy (non-hydrogen) atoms. The molecule has 140 valence electrons. The van der Waals surface area contributed by atoms with Gasteiger partial charge in [0.2, 0.25) is 5.84 Å². The highest BCUT2D eigenvalue weighted by atomic mass is 19.4. The lowest BCUT2D eigenvalue weighted by molar-refractivity contribution is -0.0604. The molecule has 3 aromatic rings. The highest BCUT2D eigenvalue weighted by molar-refractivity contribution is 6.04. The summed E-state index contributed by atoms with van der Waals surface area (Å²) in [7, 11) is 0. The topological polar surface area (TPSA) is 92.4 Å². The van der Waals surface area contributed by atoms with E-state index in [2.05, 4.69) is 15.0 Å². The molecule has 6 nitrogen and oxygen atoms in total. The maximum absolute atomic E-state index is 13.4. The molecule has 2 heterocycles. The molecule has 3 N–H and O–H groups in total. The first-order valence-corrected chi connectivity index (χ1v) is 7.41. The van der Waals surface area contributed by atoms with Crippen LogP contribution in [0.1, 0.15) is 17.0 Å². The number of imidazole rings is 1. The summed E-state index contributed by atoms with van der Waals surface area (Å²) in [6.45, 7) is 0. The first kappa shape index (κ1) is 18.4. The molecule has 1 aromatic carbocycles. The number of nitrogens with two attached hydrogens (primary N) is 1. The van der Waals surface area contributed by atoms with Crippen LogP contribution in [-0.4, -0.2) is 32.2 Å². The van der Waals surface area contributed by atoms with Crippen molar-refractivity contribution < 1.29 is 22.0 Å². The number of aliphatic imine (C=N–C) groups is 1. The maximum atomic E-state index is 13.4. The van der Waals surface area contributed by atoms with Crippen molar-refractivity contribution >= 4 is 17.3 Å². The van der Waals surface area contributed by atoms with Gasteiger partial charge in [-0.15, -0.1) is 0 Å². The minimum atomic E-state index is -4.95. The maximum Gasteiger partial charge on any atom is 0.451 e. The molecule has 0 spiro atoms. The van der Waals surface area contributed by atoms with Crippen LogP contribution in [0.2, 0.25) is 0 Å². The number of hydrogen-bond donors (Lipinski definition) is 2. The number of nitrogens with one attached hydrogen (secondary N) is 1. The minimum Gasteiger partial charge on any atom is -0.382 e. The number of amidine groups is 2. The summed E-state index contributed by atoms with van der Waals surface area (Å²) < 4.78 is 65.7. The van der Waals surface area contributed by atoms with Crippen LogP contribution in [0.15, 0.2) is 41.8 Å². The molecule has 0 fully saturated rings. The van der Waals surface area contributed by atoms with Crippen molar-refractivity contribution in [1.82, 2.24) is 14.4 Å². The predicted octanol–water partition coefficient (Wildman–Crippen LogP) is 2.84. The molecular weight excluding hydrogens is 371 g/mol. The number of rotatable bonds is 3. The van der Waals surface area contributed by atoms with Crippen molar-refractivity contribution in [2.24, 2.45) is 10.7 Å². The molecule has 0 amide bonds. The fourth-order valence-electron chi connectivity index (χ4n) is 2.39. The van der Waals surface area contributed by atoms with Crippen LogP contribution in [0.5, 0.6) is 0 Å². The zero-order chi connectivity index (χ0) is 19.8. The average Bonchev–Trinajstić information content (AvgIpc) is 3.01. The standard InChI is InChI=1S/C16H11F5N6/c17-9-3-8(4-10(18)6-9)5-11-14-24-1-2-27(14)7-12(25-11)13(22)26-15(23)16(19,20)21/h1-4,6-7H,5H2,(H3,22,23,26). The van der Waals surface area contributed by atoms with Gasteiger partial charge in [-0.25, -0.2) is 23.7 Å². The zero-order valence-corrected chi connectivity index (χ0v) is 13.4. The van der Waals surface area contributed by atoms with Gasteiger partial charge >= 0.3 is 6.18 Å². The molecule has 0 aliphatic rings. The van der Waals surface area contributed by atoms with Gasteiger partial charge in [0.1, 0.15) is 17.3 Å². The van der Waals surface area contributed by atoms with Gasteiger partial charge in [0.05, 0.1) is 5.69 Å². The Morgan fingerprint density at radius 1 is 1.19 bits per heavy atom. The largest absolute Gasteiger partial charge is 0.451 e. The molecule has 0 unspecified atom stereocenters. The lowest BCUT2D eigenvalue weighted by Gasteiger charge is -2.09. The first-order valence-electron chi connectivity index (χ1n) is 7.41. The van der Waals surface area contributed by atoms with Crippen molar-refractivity contribution in [3.8, 4) is 0 Å². The van der Waals surface area contributed by atoms with Crippen LogP contribution in [-0.2, 0) is 6.42 Å². The van der Waals surface area contributed by atoms with E-state index in [1.54, 1.807) is 0 Å². The molecule has 2 aromatic heterocycles. The van der Waals surface area contributed by atoms with Crippen LogP contribution in [0.25, 0.3) is 5.65 Å². The monoisotopic (exact) mass is 382 g/mol. The molecule has 0 radical (unpaired) electrons. The summed E-state index contributed by atoms with van der Waals surface area (Å²) in [6.07, 6.45) is -0.792. The molecule has 0 saturated heterocycles. The average molecular weight is 382 g/mol. The van der Waals surface area contributed by atoms with Crippen LogP contribution in [0.3, 0.4) is 0 Å². The number of nitrogens with zero attached hydrogens (tertiary/aromatic N) is 4. The molecule has 11 heteroatoms. The Balaban J connectivity index is 2.04. The lowest BCUT2D eigenvalue weighted by Crippen LogP contribution is -2.25. The van der Waals surface area contributed by atoms with Gasteiger partial charge in [-0.3, -0.25) is 5.41 Å². The van der Waals surface area contributed by atoms with E-state index in [0.717, 1.165) is 12.1 Å². The minimum absolute atomic E-state index is 0.0486. The summed E-state index contributed by atoms with van der Waals surface area (Å²) in [5, 5.41) is 6.91. The third kappa shape index (κ3) is 4.07. The Bertz CT molecular complexity index is 1030. The fourth-order valence-corrected chi connectivity index (χ4v) is 2.39. The van der Waals surface area contributed by atoms with Gasteiger partial charge < -0.3 is 10.1 Å². The van der Waals surface area contributed by atoms with E-state index in [9.17, 15) is 22.0 Å². The van der Waals surface area contributed by atoms with Gasteiger partial charge in [-0.2, -0.15) is 13.2 Å². The smallest absolute Gasteiger partial charge is 0.382 e. The highest BCUT2D eigenvalue weighted by Gasteiger charge is 2.35. The SMILES string of the molecule is N=C(/N=C(\N)c1cn2ccnc2c(Cc2cc(F)cc(F)c2)n1)C(F)(F)F. The van der Waals surface area contributed by atoms with Crippen LogP contribution < -0.4 is 5.73 Å².